The van der Waals surface area contributed by atoms with Crippen molar-refractivity contribution in [2.24, 2.45) is 0 Å². The molecule has 0 radical (unpaired) electrons. The number of hydrogen-bond acceptors (Lipinski definition) is 5. The quantitative estimate of drug-likeness (QED) is 0.749. The summed E-state index contributed by atoms with van der Waals surface area (Å²) in [5.74, 6) is 0. The number of pyridine rings is 1. The lowest BCUT2D eigenvalue weighted by Crippen LogP contribution is -2.49. The Bertz CT molecular complexity index is 548. The number of hydrogen-bond donors (Lipinski definition) is 2. The molecule has 2 rings (SSSR count). The van der Waals surface area contributed by atoms with Gasteiger partial charge < -0.3 is 10.1 Å². The SMILES string of the molecule is CCNCc1ccc(S(=O)(=O)NCC2(OC)CCC2)nc1. The van der Waals surface area contributed by atoms with Crippen molar-refractivity contribution in [3.8, 4) is 0 Å². The lowest BCUT2D eigenvalue weighted by molar-refractivity contribution is -0.0659. The average Bonchev–Trinajstić information content (AvgIpc) is 2.45. The molecule has 6 nitrogen and oxygen atoms in total. The van der Waals surface area contributed by atoms with Gasteiger partial charge in [0.05, 0.1) is 5.60 Å². The van der Waals surface area contributed by atoms with Crippen LogP contribution >= 0.6 is 0 Å². The van der Waals surface area contributed by atoms with Gasteiger partial charge in [0.15, 0.2) is 5.03 Å². The fraction of sp³-hybridized carbons (Fsp3) is 0.643. The van der Waals surface area contributed by atoms with Crippen LogP contribution < -0.4 is 10.0 Å². The lowest BCUT2D eigenvalue weighted by Gasteiger charge is -2.40. The highest BCUT2D eigenvalue weighted by Crippen LogP contribution is 2.34. The van der Waals surface area contributed by atoms with Crippen LogP contribution in [0.4, 0.5) is 0 Å². The van der Waals surface area contributed by atoms with Gasteiger partial charge in [0.25, 0.3) is 10.0 Å². The van der Waals surface area contributed by atoms with E-state index in [0.717, 1.165) is 31.4 Å². The molecule has 0 spiro atoms. The number of nitrogens with zero attached hydrogens (tertiary/aromatic N) is 1. The summed E-state index contributed by atoms with van der Waals surface area (Å²) in [6.45, 7) is 3.86. The molecule has 0 unspecified atom stereocenters. The van der Waals surface area contributed by atoms with Crippen LogP contribution in [-0.2, 0) is 21.3 Å². The highest BCUT2D eigenvalue weighted by molar-refractivity contribution is 7.89. The molecular weight excluding hydrogens is 290 g/mol. The monoisotopic (exact) mass is 313 g/mol. The molecule has 0 bridgehead atoms. The Labute approximate surface area is 126 Å². The van der Waals surface area contributed by atoms with E-state index >= 15 is 0 Å². The molecule has 1 aromatic heterocycles. The van der Waals surface area contributed by atoms with Gasteiger partial charge in [0.2, 0.25) is 0 Å². The maximum absolute atomic E-state index is 12.2. The highest BCUT2D eigenvalue weighted by Gasteiger charge is 2.38. The van der Waals surface area contributed by atoms with Gasteiger partial charge in [-0.15, -0.1) is 0 Å². The van der Waals surface area contributed by atoms with Crippen molar-refractivity contribution in [3.05, 3.63) is 23.9 Å². The van der Waals surface area contributed by atoms with Gasteiger partial charge in [0.1, 0.15) is 0 Å². The van der Waals surface area contributed by atoms with Gasteiger partial charge in [-0.3, -0.25) is 0 Å². The summed E-state index contributed by atoms with van der Waals surface area (Å²) < 4.78 is 32.4. The van der Waals surface area contributed by atoms with Crippen molar-refractivity contribution in [1.82, 2.24) is 15.0 Å². The van der Waals surface area contributed by atoms with Gasteiger partial charge in [-0.25, -0.2) is 18.1 Å². The van der Waals surface area contributed by atoms with Crippen molar-refractivity contribution >= 4 is 10.0 Å². The predicted octanol–water partition coefficient (Wildman–Crippen LogP) is 1.04. The van der Waals surface area contributed by atoms with Crippen LogP contribution in [0.2, 0.25) is 0 Å². The first kappa shape index (κ1) is 16.4. The molecule has 1 saturated carbocycles. The maximum atomic E-state index is 12.2. The Morgan fingerprint density at radius 1 is 1.38 bits per heavy atom. The molecule has 1 aliphatic rings. The van der Waals surface area contributed by atoms with Gasteiger partial charge in [-0.2, -0.15) is 0 Å². The highest BCUT2D eigenvalue weighted by atomic mass is 32.2. The fourth-order valence-electron chi connectivity index (χ4n) is 2.27. The Balaban J connectivity index is 1.98. The first-order valence-electron chi connectivity index (χ1n) is 7.22. The average molecular weight is 313 g/mol. The molecule has 1 aliphatic carbocycles. The molecule has 1 aromatic rings. The second-order valence-electron chi connectivity index (χ2n) is 5.35. The number of aromatic nitrogens is 1. The second-order valence-corrected chi connectivity index (χ2v) is 7.06. The van der Waals surface area contributed by atoms with Gasteiger partial charge >= 0.3 is 0 Å². The Hall–Kier alpha value is -1.02. The number of methoxy groups -OCH3 is 1. The van der Waals surface area contributed by atoms with Gasteiger partial charge in [-0.1, -0.05) is 13.0 Å². The minimum atomic E-state index is -3.58. The first-order chi connectivity index (χ1) is 10.0. The van der Waals surface area contributed by atoms with Gasteiger partial charge in [0, 0.05) is 26.4 Å². The molecule has 7 heteroatoms. The zero-order chi connectivity index (χ0) is 15.3. The molecule has 1 heterocycles. The standard InChI is InChI=1S/C14H23N3O3S/c1-3-15-9-12-5-6-13(16-10-12)21(18,19)17-11-14(20-2)7-4-8-14/h5-6,10,15,17H,3-4,7-9,11H2,1-2H3. The van der Waals surface area contributed by atoms with Crippen LogP contribution in [0.3, 0.4) is 0 Å². The number of ether oxygens (including phenoxy) is 1. The fourth-order valence-corrected chi connectivity index (χ4v) is 3.31. The number of sulfonamides is 1. The zero-order valence-corrected chi connectivity index (χ0v) is 13.4. The van der Waals surface area contributed by atoms with Crippen LogP contribution in [0.1, 0.15) is 31.7 Å². The zero-order valence-electron chi connectivity index (χ0n) is 12.6. The minimum Gasteiger partial charge on any atom is -0.377 e. The van der Waals surface area contributed by atoms with E-state index in [1.54, 1.807) is 19.4 Å². The van der Waals surface area contributed by atoms with E-state index in [-0.39, 0.29) is 10.6 Å². The van der Waals surface area contributed by atoms with Crippen LogP contribution in [0, 0.1) is 0 Å². The smallest absolute Gasteiger partial charge is 0.258 e. The second kappa shape index (κ2) is 6.83. The van der Waals surface area contributed by atoms with Crippen molar-refractivity contribution < 1.29 is 13.2 Å². The third-order valence-electron chi connectivity index (χ3n) is 3.93. The van der Waals surface area contributed by atoms with E-state index in [1.165, 1.54) is 6.07 Å². The molecule has 2 N–H and O–H groups in total. The van der Waals surface area contributed by atoms with Crippen LogP contribution in [0.25, 0.3) is 0 Å². The largest absolute Gasteiger partial charge is 0.377 e. The maximum Gasteiger partial charge on any atom is 0.258 e. The summed E-state index contributed by atoms with van der Waals surface area (Å²) in [7, 11) is -1.95. The first-order valence-corrected chi connectivity index (χ1v) is 8.70. The number of rotatable bonds is 8. The van der Waals surface area contributed by atoms with Crippen LogP contribution in [0.5, 0.6) is 0 Å². The molecule has 1 fully saturated rings. The summed E-state index contributed by atoms with van der Waals surface area (Å²) in [5.41, 5.74) is 0.626. The van der Waals surface area contributed by atoms with Gasteiger partial charge in [-0.05, 0) is 37.4 Å². The van der Waals surface area contributed by atoms with Crippen LogP contribution in [-0.4, -0.2) is 39.2 Å². The van der Waals surface area contributed by atoms with E-state index in [1.807, 2.05) is 6.92 Å². The summed E-state index contributed by atoms with van der Waals surface area (Å²) >= 11 is 0. The van der Waals surface area contributed by atoms with E-state index in [0.29, 0.717) is 13.1 Å². The van der Waals surface area contributed by atoms with Crippen molar-refractivity contribution in [3.63, 3.8) is 0 Å². The van der Waals surface area contributed by atoms with E-state index < -0.39 is 10.0 Å². The summed E-state index contributed by atoms with van der Waals surface area (Å²) in [6.07, 6.45) is 4.45. The summed E-state index contributed by atoms with van der Waals surface area (Å²) in [5, 5.41) is 3.22. The van der Waals surface area contributed by atoms with E-state index in [9.17, 15) is 8.42 Å². The van der Waals surface area contributed by atoms with E-state index in [4.69, 9.17) is 4.74 Å². The summed E-state index contributed by atoms with van der Waals surface area (Å²) in [6, 6.07) is 3.31. The molecule has 0 saturated heterocycles. The number of nitrogens with one attached hydrogen (secondary N) is 2. The van der Waals surface area contributed by atoms with Crippen molar-refractivity contribution in [2.75, 3.05) is 20.2 Å². The molecule has 0 amide bonds. The Kier molecular flexibility index (Phi) is 5.32. The molecule has 0 aromatic carbocycles. The molecule has 0 atom stereocenters. The Morgan fingerprint density at radius 3 is 2.62 bits per heavy atom. The molecule has 118 valence electrons. The Morgan fingerprint density at radius 2 is 2.14 bits per heavy atom. The van der Waals surface area contributed by atoms with Crippen LogP contribution in [0.15, 0.2) is 23.4 Å². The normalized spacial score (nSPS) is 17.4. The summed E-state index contributed by atoms with van der Waals surface area (Å²) in [4.78, 5) is 4.04. The molecular formula is C14H23N3O3S. The predicted molar refractivity (Wildman–Crippen MR) is 80.4 cm³/mol. The van der Waals surface area contributed by atoms with Crippen molar-refractivity contribution in [1.29, 1.82) is 0 Å². The molecule has 21 heavy (non-hydrogen) atoms. The molecule has 0 aliphatic heterocycles. The third-order valence-corrected chi connectivity index (χ3v) is 5.25. The third kappa shape index (κ3) is 4.00. The topological polar surface area (TPSA) is 80.3 Å². The van der Waals surface area contributed by atoms with E-state index in [2.05, 4.69) is 15.0 Å². The lowest BCUT2D eigenvalue weighted by atomic mass is 9.80. The minimum absolute atomic E-state index is 0.0494. The van der Waals surface area contributed by atoms with Crippen molar-refractivity contribution in [2.45, 2.75) is 43.4 Å².